The van der Waals surface area contributed by atoms with Gasteiger partial charge < -0.3 is 15.7 Å². The predicted octanol–water partition coefficient (Wildman–Crippen LogP) is 1.35. The van der Waals surface area contributed by atoms with Crippen LogP contribution in [0.3, 0.4) is 0 Å². The van der Waals surface area contributed by atoms with Gasteiger partial charge in [-0.1, -0.05) is 13.3 Å². The van der Waals surface area contributed by atoms with Crippen molar-refractivity contribution in [3.05, 3.63) is 21.6 Å². The lowest BCUT2D eigenvalue weighted by Gasteiger charge is -2.65. The Morgan fingerprint density at radius 3 is 2.89 bits per heavy atom. The smallest absolute Gasteiger partial charge is 0.255 e. The highest BCUT2D eigenvalue weighted by molar-refractivity contribution is 5.84. The summed E-state index contributed by atoms with van der Waals surface area (Å²) in [4.78, 5) is 34.5. The fourth-order valence-electron chi connectivity index (χ4n) is 7.19. The van der Waals surface area contributed by atoms with Crippen molar-refractivity contribution in [3.8, 4) is 0 Å². The first-order chi connectivity index (χ1) is 12.8. The summed E-state index contributed by atoms with van der Waals surface area (Å²) in [7, 11) is 0. The Labute approximate surface area is 158 Å². The van der Waals surface area contributed by atoms with Crippen molar-refractivity contribution < 1.29 is 9.90 Å². The van der Waals surface area contributed by atoms with Gasteiger partial charge in [0.1, 0.15) is 0 Å². The molecule has 146 valence electrons. The van der Waals surface area contributed by atoms with Crippen LogP contribution in [0.2, 0.25) is 0 Å². The van der Waals surface area contributed by atoms with Crippen LogP contribution in [0.25, 0.3) is 0 Å². The molecule has 4 saturated carbocycles. The zero-order chi connectivity index (χ0) is 19.0. The van der Waals surface area contributed by atoms with Gasteiger partial charge in [-0.15, -0.1) is 0 Å². The van der Waals surface area contributed by atoms with Gasteiger partial charge in [-0.2, -0.15) is 0 Å². The summed E-state index contributed by atoms with van der Waals surface area (Å²) in [6.07, 6.45) is 6.75. The number of nitrogens with zero attached hydrogens (tertiary/aromatic N) is 2. The quantitative estimate of drug-likeness (QED) is 0.725. The van der Waals surface area contributed by atoms with E-state index in [-0.39, 0.29) is 22.8 Å². The molecule has 1 amide bonds. The average molecular weight is 372 g/mol. The third kappa shape index (κ3) is 2.47. The van der Waals surface area contributed by atoms with Crippen LogP contribution in [-0.2, 0) is 17.8 Å². The fraction of sp³-hybridized carbons (Fsp3) is 0.750. The number of fused-ring (bicyclic) bond motifs is 1. The van der Waals surface area contributed by atoms with E-state index in [1.807, 2.05) is 4.90 Å². The summed E-state index contributed by atoms with van der Waals surface area (Å²) in [6.45, 7) is 3.07. The van der Waals surface area contributed by atoms with Crippen molar-refractivity contribution in [1.82, 2.24) is 14.9 Å². The van der Waals surface area contributed by atoms with E-state index in [1.54, 1.807) is 0 Å². The van der Waals surface area contributed by atoms with Gasteiger partial charge in [-0.25, -0.2) is 4.98 Å². The minimum Gasteiger partial charge on any atom is -0.390 e. The minimum atomic E-state index is -0.682. The molecule has 0 radical (unpaired) electrons. The lowest BCUT2D eigenvalue weighted by atomic mass is 9.42. The maximum Gasteiger partial charge on any atom is 0.255 e. The molecule has 2 heterocycles. The van der Waals surface area contributed by atoms with Crippen LogP contribution in [0.4, 0.5) is 5.95 Å². The van der Waals surface area contributed by atoms with E-state index >= 15 is 0 Å². The maximum atomic E-state index is 13.7. The Hall–Kier alpha value is -1.89. The molecule has 1 aromatic rings. The molecular weight excluding hydrogens is 344 g/mol. The van der Waals surface area contributed by atoms with E-state index in [0.29, 0.717) is 43.1 Å². The zero-order valence-corrected chi connectivity index (χ0v) is 15.9. The monoisotopic (exact) mass is 372 g/mol. The van der Waals surface area contributed by atoms with Crippen molar-refractivity contribution >= 4 is 11.9 Å². The number of aromatic amines is 1. The number of hydrogen-bond donors (Lipinski definition) is 3. The highest BCUT2D eigenvalue weighted by atomic mass is 16.3. The number of nitrogens with two attached hydrogens (primary N) is 1. The summed E-state index contributed by atoms with van der Waals surface area (Å²) in [5.41, 5.74) is 5.74. The summed E-state index contributed by atoms with van der Waals surface area (Å²) in [5.74, 6) is 0.695. The van der Waals surface area contributed by atoms with Crippen molar-refractivity contribution in [1.29, 1.82) is 0 Å². The van der Waals surface area contributed by atoms with E-state index in [4.69, 9.17) is 5.73 Å². The first-order valence-electron chi connectivity index (χ1n) is 10.1. The first kappa shape index (κ1) is 17.2. The molecule has 0 unspecified atom stereocenters. The van der Waals surface area contributed by atoms with Gasteiger partial charge in [0.05, 0.1) is 23.3 Å². The van der Waals surface area contributed by atoms with Crippen molar-refractivity contribution in [3.63, 3.8) is 0 Å². The molecule has 4 bridgehead atoms. The zero-order valence-electron chi connectivity index (χ0n) is 15.9. The lowest BCUT2D eigenvalue weighted by Crippen LogP contribution is -2.64. The highest BCUT2D eigenvalue weighted by Crippen LogP contribution is 2.68. The van der Waals surface area contributed by atoms with Gasteiger partial charge >= 0.3 is 0 Å². The Bertz CT molecular complexity index is 882. The van der Waals surface area contributed by atoms with E-state index in [2.05, 4.69) is 16.9 Å². The lowest BCUT2D eigenvalue weighted by molar-refractivity contribution is -0.210. The molecule has 4 N–H and O–H groups in total. The Morgan fingerprint density at radius 1 is 1.33 bits per heavy atom. The highest BCUT2D eigenvalue weighted by Gasteiger charge is 2.65. The molecule has 0 saturated heterocycles. The number of H-pyrrole nitrogens is 1. The van der Waals surface area contributed by atoms with Gasteiger partial charge in [0.2, 0.25) is 11.9 Å². The number of nitrogens with one attached hydrogen (secondary N) is 1. The number of aromatic nitrogens is 2. The molecule has 4 aliphatic carbocycles. The number of carbonyl (C=O) groups is 1. The second-order valence-electron chi connectivity index (χ2n) is 9.72. The van der Waals surface area contributed by atoms with Crippen molar-refractivity contribution in [2.45, 2.75) is 70.4 Å². The summed E-state index contributed by atoms with van der Waals surface area (Å²) >= 11 is 0. The third-order valence-corrected chi connectivity index (χ3v) is 7.74. The molecule has 7 nitrogen and oxygen atoms in total. The SMILES string of the molecule is CC[C@@]12C[C@H]3C[C@@](O)(C1)C[C@@](C(=O)N1CCc4c(nc(N)[nH]c4=O)C1)(C3)C2. The van der Waals surface area contributed by atoms with E-state index in [0.717, 1.165) is 38.5 Å². The average Bonchev–Trinajstić information content (AvgIpc) is 2.58. The Balaban J connectivity index is 1.47. The van der Waals surface area contributed by atoms with E-state index < -0.39 is 11.0 Å². The van der Waals surface area contributed by atoms with Crippen LogP contribution < -0.4 is 11.3 Å². The Morgan fingerprint density at radius 2 is 2.15 bits per heavy atom. The van der Waals surface area contributed by atoms with Gasteiger partial charge in [0.15, 0.2) is 0 Å². The van der Waals surface area contributed by atoms with Crippen LogP contribution in [0.15, 0.2) is 4.79 Å². The van der Waals surface area contributed by atoms with Crippen molar-refractivity contribution in [2.24, 2.45) is 16.7 Å². The third-order valence-electron chi connectivity index (χ3n) is 7.74. The summed E-state index contributed by atoms with van der Waals surface area (Å²) < 4.78 is 0. The molecule has 1 aliphatic heterocycles. The number of anilines is 1. The van der Waals surface area contributed by atoms with Crippen LogP contribution >= 0.6 is 0 Å². The molecule has 7 heteroatoms. The van der Waals surface area contributed by atoms with Crippen LogP contribution in [0.1, 0.15) is 63.1 Å². The fourth-order valence-corrected chi connectivity index (χ4v) is 7.19. The number of aliphatic hydroxyl groups is 1. The normalized spacial score (nSPS) is 39.5. The first-order valence-corrected chi connectivity index (χ1v) is 10.1. The van der Waals surface area contributed by atoms with Gasteiger partial charge in [0, 0.05) is 12.1 Å². The van der Waals surface area contributed by atoms with Gasteiger partial charge in [0.25, 0.3) is 5.56 Å². The summed E-state index contributed by atoms with van der Waals surface area (Å²) in [5, 5.41) is 11.2. The summed E-state index contributed by atoms with van der Waals surface area (Å²) in [6, 6.07) is 0. The molecule has 6 rings (SSSR count). The largest absolute Gasteiger partial charge is 0.390 e. The molecule has 5 aliphatic rings. The second kappa shape index (κ2) is 5.34. The maximum absolute atomic E-state index is 13.7. The van der Waals surface area contributed by atoms with Crippen molar-refractivity contribution in [2.75, 3.05) is 12.3 Å². The van der Waals surface area contributed by atoms with Gasteiger partial charge in [-0.3, -0.25) is 14.6 Å². The topological polar surface area (TPSA) is 112 Å². The number of rotatable bonds is 2. The van der Waals surface area contributed by atoms with Crippen LogP contribution in [0, 0.1) is 16.7 Å². The molecule has 27 heavy (non-hydrogen) atoms. The number of carbonyl (C=O) groups excluding carboxylic acids is 1. The molecule has 4 atom stereocenters. The van der Waals surface area contributed by atoms with Crippen LogP contribution in [0.5, 0.6) is 0 Å². The Kier molecular flexibility index (Phi) is 3.41. The van der Waals surface area contributed by atoms with E-state index in [9.17, 15) is 14.7 Å². The molecule has 1 aromatic heterocycles. The molecular formula is C20H28N4O3. The molecule has 0 aromatic carbocycles. The van der Waals surface area contributed by atoms with Crippen LogP contribution in [-0.4, -0.2) is 38.0 Å². The standard InChI is InChI=1S/C20H28N4O3/c1-2-18-5-12-6-19(9-18,11-20(27,7-12)10-18)16(26)24-4-3-13-14(8-24)22-17(21)23-15(13)25/h12,27H,2-11H2,1H3,(H3,21,22,23,25)/t12-,18+,19-,20-/m1/s1. The van der Waals surface area contributed by atoms with E-state index in [1.165, 1.54) is 0 Å². The number of nitrogen functional groups attached to an aromatic ring is 1. The minimum absolute atomic E-state index is 0.0992. The molecule has 4 fully saturated rings. The predicted molar refractivity (Wildman–Crippen MR) is 99.7 cm³/mol. The second-order valence-corrected chi connectivity index (χ2v) is 9.72. The number of amides is 1. The number of hydrogen-bond acceptors (Lipinski definition) is 5. The van der Waals surface area contributed by atoms with Gasteiger partial charge in [-0.05, 0) is 56.3 Å². The molecule has 0 spiro atoms.